The smallest absolute Gasteiger partial charge is 0.377 e. The summed E-state index contributed by atoms with van der Waals surface area (Å²) in [5, 5.41) is 8.61. The monoisotopic (exact) mass is 1500 g/mol. The normalized spacial score (nSPS) is 32.1. The summed E-state index contributed by atoms with van der Waals surface area (Å²) in [6.07, 6.45) is -2.03. The number of fused-ring (bicyclic) bond motifs is 3. The Bertz CT molecular complexity index is 3120. The zero-order valence-electron chi connectivity index (χ0n) is 64.9. The van der Waals surface area contributed by atoms with Crippen LogP contribution in [0, 0.1) is 35.5 Å². The van der Waals surface area contributed by atoms with E-state index in [1.165, 1.54) is 83.6 Å². The molecule has 25 nitrogen and oxygen atoms in total. The van der Waals surface area contributed by atoms with Crippen LogP contribution in [0.5, 0.6) is 0 Å². The van der Waals surface area contributed by atoms with Crippen molar-refractivity contribution < 1.29 is 84.2 Å². The van der Waals surface area contributed by atoms with Crippen molar-refractivity contribution in [3.63, 3.8) is 0 Å². The Kier molecular flexibility index (Phi) is 31.2. The van der Waals surface area contributed by atoms with Crippen LogP contribution in [-0.2, 0) is 62.3 Å². The molecule has 0 aromatic heterocycles. The number of nitrogens with one attached hydrogen (secondary N) is 3. The zero-order chi connectivity index (χ0) is 78.4. The molecule has 4 saturated carbocycles. The van der Waals surface area contributed by atoms with Gasteiger partial charge in [-0.3, -0.25) is 57.5 Å². The predicted octanol–water partition coefficient (Wildman–Crippen LogP) is 6.34. The van der Waals surface area contributed by atoms with Crippen molar-refractivity contribution in [2.24, 2.45) is 35.5 Å². The molecule has 7 rings (SSSR count). The zero-order valence-corrected chi connectivity index (χ0v) is 64.9. The van der Waals surface area contributed by atoms with E-state index in [1.54, 1.807) is 26.8 Å². The minimum atomic E-state index is -5.17. The van der Waals surface area contributed by atoms with E-state index < -0.39 is 205 Å². The molecule has 598 valence electrons. The average molecular weight is 1510 g/mol. The lowest BCUT2D eigenvalue weighted by atomic mass is 9.74. The summed E-state index contributed by atoms with van der Waals surface area (Å²) in [5.74, 6) is -12.9. The number of likely N-dealkylation sites (N-methyl/N-ethyl adjacent to an activating group) is 7. The highest BCUT2D eigenvalue weighted by molar-refractivity contribution is 6.01. The van der Waals surface area contributed by atoms with Crippen molar-refractivity contribution >= 4 is 70.9 Å². The molecule has 12 amide bonds. The molecule has 1 spiro atoms. The first-order valence-electron chi connectivity index (χ1n) is 39.0. The molecule has 3 aliphatic heterocycles. The Morgan fingerprint density at radius 2 is 1.31 bits per heavy atom. The van der Waals surface area contributed by atoms with E-state index in [2.05, 4.69) is 22.9 Å². The van der Waals surface area contributed by atoms with Crippen LogP contribution < -0.4 is 16.0 Å². The summed E-state index contributed by atoms with van der Waals surface area (Å²) < 4.78 is 78.9. The minimum absolute atomic E-state index is 0.0163. The molecule has 6 fully saturated rings. The predicted molar refractivity (Wildman–Crippen MR) is 385 cm³/mol. The van der Waals surface area contributed by atoms with Gasteiger partial charge in [-0.2, -0.15) is 13.2 Å². The molecule has 0 aromatic rings. The number of alkyl halides is 5. The lowest BCUT2D eigenvalue weighted by Crippen LogP contribution is -2.68. The number of carbonyl (C=O) groups excluding carboxylic acids is 12. The fourth-order valence-corrected chi connectivity index (χ4v) is 17.0. The molecule has 30 heteroatoms. The third-order valence-electron chi connectivity index (χ3n) is 24.3. The highest BCUT2D eigenvalue weighted by atomic mass is 19.4. The maximum atomic E-state index is 15.6. The molecular formula is C76H121F5N12O13. The molecule has 4 aliphatic carbocycles. The van der Waals surface area contributed by atoms with E-state index >= 15 is 37.5 Å². The van der Waals surface area contributed by atoms with E-state index in [0.29, 0.717) is 63.7 Å². The van der Waals surface area contributed by atoms with E-state index in [0.717, 1.165) is 35.5 Å². The highest BCUT2D eigenvalue weighted by Crippen LogP contribution is 2.45. The second-order valence-corrected chi connectivity index (χ2v) is 31.7. The van der Waals surface area contributed by atoms with Crippen LogP contribution in [0.25, 0.3) is 0 Å². The van der Waals surface area contributed by atoms with Crippen molar-refractivity contribution in [3.05, 3.63) is 12.2 Å². The summed E-state index contributed by atoms with van der Waals surface area (Å²) in [6.45, 7) is 9.87. The van der Waals surface area contributed by atoms with Crippen molar-refractivity contribution in [1.82, 2.24) is 60.0 Å². The second kappa shape index (κ2) is 38.4. The maximum Gasteiger partial charge on any atom is 0.397 e. The number of hydrogen-bond donors (Lipinski definition) is 3. The SMILES string of the molecule is CCCC[C@H]1C(=O)N[C@@H]([C@@H](C)CC)C(=O)N(C)CC(=O)N(C)[C@H]2C/C=C\CCN(C2=O)[C@@H](CC2CCC(C)CC2)C(=O)N(C)CC(=O)N[C@@H](CCC2CC(F)C(C(F)(F)F)C(F)C2)C(=O)N2C[C@H](OCC)C[C@H]2C(=O)NC2(CCC2)C(=O)N(C)[C@@H](C2CCCC2)C(=O)N(C)[C@H](C(=O)N(C)CC)CC(=O)N1C. The molecule has 7 aliphatic rings. The summed E-state index contributed by atoms with van der Waals surface area (Å²) in [5.41, 5.74) is -1.64. The first kappa shape index (κ1) is 86.2. The number of ether oxygens (including phenoxy) is 1. The summed E-state index contributed by atoms with van der Waals surface area (Å²) in [6, 6.07) is -10.5. The van der Waals surface area contributed by atoms with Gasteiger partial charge in [0, 0.05) is 82.0 Å². The first-order valence-corrected chi connectivity index (χ1v) is 39.0. The van der Waals surface area contributed by atoms with E-state index in [-0.39, 0.29) is 83.5 Å². The van der Waals surface area contributed by atoms with Crippen LogP contribution in [-0.4, -0.2) is 282 Å². The lowest BCUT2D eigenvalue weighted by molar-refractivity contribution is -0.219. The van der Waals surface area contributed by atoms with Gasteiger partial charge >= 0.3 is 6.18 Å². The van der Waals surface area contributed by atoms with Gasteiger partial charge < -0.3 is 64.8 Å². The number of hydrogen-bond acceptors (Lipinski definition) is 13. The molecule has 3 heterocycles. The molecule has 2 bridgehead atoms. The van der Waals surface area contributed by atoms with Crippen LogP contribution in [0.2, 0.25) is 0 Å². The largest absolute Gasteiger partial charge is 0.397 e. The first-order chi connectivity index (χ1) is 50.0. The third kappa shape index (κ3) is 20.9. The Balaban J connectivity index is 1.32. The van der Waals surface area contributed by atoms with Crippen molar-refractivity contribution in [1.29, 1.82) is 0 Å². The summed E-state index contributed by atoms with van der Waals surface area (Å²) >= 11 is 0. The van der Waals surface area contributed by atoms with Crippen LogP contribution in [0.15, 0.2) is 12.2 Å². The number of amides is 12. The molecule has 3 N–H and O–H groups in total. The highest BCUT2D eigenvalue weighted by Gasteiger charge is 2.56. The number of unbranched alkanes of at least 4 members (excludes halogenated alkanes) is 1. The number of carbonyl (C=O) groups is 12. The van der Waals surface area contributed by atoms with Crippen molar-refractivity contribution in [2.45, 2.75) is 274 Å². The van der Waals surface area contributed by atoms with E-state index in [1.807, 2.05) is 19.9 Å². The number of nitrogens with zero attached hydrogens (tertiary/aromatic N) is 9. The Morgan fingerprint density at radius 3 is 1.90 bits per heavy atom. The van der Waals surface area contributed by atoms with Crippen LogP contribution in [0.4, 0.5) is 22.0 Å². The van der Waals surface area contributed by atoms with Gasteiger partial charge in [-0.05, 0) is 127 Å². The van der Waals surface area contributed by atoms with Gasteiger partial charge in [-0.25, -0.2) is 8.78 Å². The Morgan fingerprint density at radius 1 is 0.670 bits per heavy atom. The second-order valence-electron chi connectivity index (χ2n) is 31.7. The summed E-state index contributed by atoms with van der Waals surface area (Å²) in [7, 11) is 9.96. The molecular weight excluding hydrogens is 1380 g/mol. The molecule has 0 radical (unpaired) electrons. The molecule has 12 atom stereocenters. The molecule has 2 saturated heterocycles. The Labute approximate surface area is 623 Å². The summed E-state index contributed by atoms with van der Waals surface area (Å²) in [4.78, 5) is 193. The molecule has 2 unspecified atom stereocenters. The maximum absolute atomic E-state index is 15.6. The molecule has 106 heavy (non-hydrogen) atoms. The van der Waals surface area contributed by atoms with Gasteiger partial charge in [-0.15, -0.1) is 0 Å². The van der Waals surface area contributed by atoms with Crippen LogP contribution in [0.1, 0.15) is 196 Å². The van der Waals surface area contributed by atoms with Gasteiger partial charge in [0.15, 0.2) is 0 Å². The average Bonchev–Trinajstić information content (AvgIpc) is 1.29. The van der Waals surface area contributed by atoms with Crippen LogP contribution in [0.3, 0.4) is 0 Å². The number of halogens is 5. The third-order valence-corrected chi connectivity index (χ3v) is 24.3. The van der Waals surface area contributed by atoms with E-state index in [9.17, 15) is 41.9 Å². The van der Waals surface area contributed by atoms with Crippen molar-refractivity contribution in [3.8, 4) is 0 Å². The number of rotatable bonds is 15. The fourth-order valence-electron chi connectivity index (χ4n) is 17.0. The van der Waals surface area contributed by atoms with Gasteiger partial charge in [0.25, 0.3) is 0 Å². The van der Waals surface area contributed by atoms with E-state index in [4.69, 9.17) is 4.74 Å². The Hall–Kier alpha value is -7.01. The van der Waals surface area contributed by atoms with Gasteiger partial charge in [-0.1, -0.05) is 97.6 Å². The quantitative estimate of drug-likeness (QED) is 0.119. The lowest BCUT2D eigenvalue weighted by Gasteiger charge is -2.46. The fraction of sp³-hybridized carbons (Fsp3) is 0.816. The molecule has 0 aromatic carbocycles. The van der Waals surface area contributed by atoms with Gasteiger partial charge in [0.1, 0.15) is 72.1 Å². The van der Waals surface area contributed by atoms with Gasteiger partial charge in [0.05, 0.1) is 25.6 Å². The van der Waals surface area contributed by atoms with Gasteiger partial charge in [0.2, 0.25) is 70.9 Å². The minimum Gasteiger partial charge on any atom is -0.377 e. The topological polar surface area (TPSA) is 279 Å². The standard InChI is InChI=1S/C76H121F5N12O13/c1-14-18-27-55-66(97)83-64(47(6)15-2)72(103)87(9)45-62(96)89(11)56-28-20-19-23-37-92(71(56)102)59(40-48-31-29-46(5)30-32-48)70(101)86(8)44-60(94)82-54(34-33-49-38-52(77)63(53(78)39-49)76(79,80)81)68(99)93-43-51(106-17-4)41-57(93)67(98)84-75(35-24-36-75)74(105)91(13)65(50-25-21-22-26-50)73(104)90(12)58(42-61(95)88(55)10)69(100)85(7)16-3/h19-20,46-59,63-65H,14-18,21-45H2,1-13H3,(H,82,94)(H,83,97)(H,84,98)/b20-19-/t46?,47-,48?,49?,51+,52?,53?,54-,55-,56-,57-,58-,59-,63?,64-,65-/m0/s1. The van der Waals surface area contributed by atoms with Crippen molar-refractivity contribution in [2.75, 3.05) is 88.7 Å². The van der Waals surface area contributed by atoms with Crippen LogP contribution >= 0.6 is 0 Å².